The Morgan fingerprint density at radius 3 is 2.61 bits per heavy atom. The molecule has 3 atom stereocenters. The maximum Gasteiger partial charge on any atom is 0.0745 e. The van der Waals surface area contributed by atoms with Gasteiger partial charge in [0, 0.05) is 58.1 Å². The SMILES string of the molecule is C=Cc1c(CNC)c2c3ccccc3n3c2c2c1c1c(n2CC(N(C)C)C(CC)C3CC)CCC=C1. The second-order valence-corrected chi connectivity index (χ2v) is 11.0. The number of para-hydroxylation sites is 1. The van der Waals surface area contributed by atoms with Gasteiger partial charge in [-0.25, -0.2) is 0 Å². The second kappa shape index (κ2) is 8.93. The van der Waals surface area contributed by atoms with Crippen molar-refractivity contribution >= 4 is 44.9 Å². The lowest BCUT2D eigenvalue weighted by Gasteiger charge is -2.40. The van der Waals surface area contributed by atoms with Gasteiger partial charge in [0.05, 0.1) is 11.0 Å². The van der Waals surface area contributed by atoms with Gasteiger partial charge in [0.25, 0.3) is 0 Å². The van der Waals surface area contributed by atoms with Crippen LogP contribution in [0, 0.1) is 5.92 Å². The van der Waals surface area contributed by atoms with Crippen LogP contribution in [0.5, 0.6) is 0 Å². The van der Waals surface area contributed by atoms with Crippen molar-refractivity contribution in [2.75, 3.05) is 21.1 Å². The van der Waals surface area contributed by atoms with Gasteiger partial charge in [-0.15, -0.1) is 0 Å². The number of allylic oxidation sites excluding steroid dienone is 1. The minimum absolute atomic E-state index is 0.446. The quantitative estimate of drug-likeness (QED) is 0.322. The third kappa shape index (κ3) is 3.07. The number of fused-ring (bicyclic) bond motifs is 6. The number of nitrogens with zero attached hydrogens (tertiary/aromatic N) is 3. The molecule has 3 unspecified atom stereocenters. The number of rotatable bonds is 6. The summed E-state index contributed by atoms with van der Waals surface area (Å²) in [6.07, 6.45) is 11.4. The predicted molar refractivity (Wildman–Crippen MR) is 156 cm³/mol. The molecule has 2 aromatic heterocycles. The number of aromatic nitrogens is 2. The molecule has 0 bridgehead atoms. The highest BCUT2D eigenvalue weighted by Crippen LogP contribution is 2.48. The van der Waals surface area contributed by atoms with E-state index in [0.29, 0.717) is 18.0 Å². The number of likely N-dealkylation sites (N-methyl/N-ethyl adjacent to an activating group) is 1. The summed E-state index contributed by atoms with van der Waals surface area (Å²) in [6, 6.07) is 10.0. The molecule has 6 rings (SSSR count). The average molecular weight is 481 g/mol. The molecular formula is C32H40N4. The van der Waals surface area contributed by atoms with E-state index in [2.05, 4.69) is 103 Å². The first-order valence-electron chi connectivity index (χ1n) is 13.8. The molecule has 36 heavy (non-hydrogen) atoms. The molecule has 2 aliphatic rings. The molecule has 4 heteroatoms. The van der Waals surface area contributed by atoms with Crippen molar-refractivity contribution in [2.45, 2.75) is 64.7 Å². The van der Waals surface area contributed by atoms with Crippen LogP contribution in [-0.4, -0.2) is 41.2 Å². The van der Waals surface area contributed by atoms with Crippen molar-refractivity contribution in [2.24, 2.45) is 5.92 Å². The van der Waals surface area contributed by atoms with Crippen molar-refractivity contribution in [1.29, 1.82) is 0 Å². The molecule has 4 aromatic rings. The summed E-state index contributed by atoms with van der Waals surface area (Å²) in [7, 11) is 6.63. The molecule has 0 amide bonds. The Bertz CT molecular complexity index is 1510. The van der Waals surface area contributed by atoms with Gasteiger partial charge in [-0.1, -0.05) is 56.9 Å². The third-order valence-electron chi connectivity index (χ3n) is 9.08. The molecule has 0 saturated carbocycles. The third-order valence-corrected chi connectivity index (χ3v) is 9.08. The van der Waals surface area contributed by atoms with Crippen molar-refractivity contribution in [3.05, 3.63) is 59.3 Å². The van der Waals surface area contributed by atoms with Crippen LogP contribution in [0.1, 0.15) is 61.5 Å². The zero-order chi connectivity index (χ0) is 25.1. The number of hydrogen-bond acceptors (Lipinski definition) is 2. The zero-order valence-corrected chi connectivity index (χ0v) is 22.6. The first-order chi connectivity index (χ1) is 17.6. The maximum atomic E-state index is 4.36. The fourth-order valence-corrected chi connectivity index (χ4v) is 7.64. The Morgan fingerprint density at radius 2 is 1.92 bits per heavy atom. The van der Waals surface area contributed by atoms with Crippen LogP contribution in [0.25, 0.3) is 44.9 Å². The molecule has 0 saturated heterocycles. The van der Waals surface area contributed by atoms with E-state index in [9.17, 15) is 0 Å². The fraction of sp³-hybridized carbons (Fsp3) is 0.438. The minimum atomic E-state index is 0.446. The predicted octanol–water partition coefficient (Wildman–Crippen LogP) is 6.99. The Morgan fingerprint density at radius 1 is 1.11 bits per heavy atom. The van der Waals surface area contributed by atoms with E-state index >= 15 is 0 Å². The highest BCUT2D eigenvalue weighted by Gasteiger charge is 2.37. The lowest BCUT2D eigenvalue weighted by molar-refractivity contribution is 0.135. The van der Waals surface area contributed by atoms with Crippen molar-refractivity contribution in [3.63, 3.8) is 0 Å². The lowest BCUT2D eigenvalue weighted by Crippen LogP contribution is -2.43. The Labute approximate surface area is 215 Å². The molecule has 0 spiro atoms. The first kappa shape index (κ1) is 23.6. The summed E-state index contributed by atoms with van der Waals surface area (Å²) >= 11 is 0. The Kier molecular flexibility index (Phi) is 5.85. The van der Waals surface area contributed by atoms with Gasteiger partial charge in [0.15, 0.2) is 0 Å². The van der Waals surface area contributed by atoms with Crippen molar-refractivity contribution < 1.29 is 0 Å². The molecule has 1 aliphatic carbocycles. The summed E-state index contributed by atoms with van der Waals surface area (Å²) in [4.78, 5) is 2.49. The summed E-state index contributed by atoms with van der Waals surface area (Å²) in [5.74, 6) is 0.566. The standard InChI is InChI=1S/C32H40N4/c1-7-20-24(18-33-4)30-23-15-11-13-17-27(23)36-25(9-3)21(8-2)28(34(5)6)19-35-26-16-12-10-14-22(26)29(20)31(35)32(30)36/h7,10-11,13-15,17,21,25,28,33H,1,8-9,12,16,18-19H2,2-6H3. The van der Waals surface area contributed by atoms with Gasteiger partial charge in [-0.3, -0.25) is 0 Å². The fourth-order valence-electron chi connectivity index (χ4n) is 7.64. The van der Waals surface area contributed by atoms with E-state index in [-0.39, 0.29) is 0 Å². The van der Waals surface area contributed by atoms with Gasteiger partial charge < -0.3 is 19.4 Å². The Balaban J connectivity index is 1.93. The van der Waals surface area contributed by atoms with Crippen molar-refractivity contribution in [1.82, 2.24) is 19.4 Å². The van der Waals surface area contributed by atoms with Crippen LogP contribution in [0.4, 0.5) is 0 Å². The van der Waals surface area contributed by atoms with Gasteiger partial charge >= 0.3 is 0 Å². The van der Waals surface area contributed by atoms with E-state index in [1.54, 1.807) is 0 Å². The van der Waals surface area contributed by atoms with Crippen LogP contribution in [0.2, 0.25) is 0 Å². The molecule has 0 fully saturated rings. The normalized spacial score (nSPS) is 21.6. The topological polar surface area (TPSA) is 25.1 Å². The van der Waals surface area contributed by atoms with Gasteiger partial charge in [-0.05, 0) is 69.9 Å². The summed E-state index contributed by atoms with van der Waals surface area (Å²) in [5.41, 5.74) is 9.85. The molecule has 1 N–H and O–H groups in total. The van der Waals surface area contributed by atoms with Crippen LogP contribution in [-0.2, 0) is 19.5 Å². The maximum absolute atomic E-state index is 4.36. The molecule has 0 radical (unpaired) electrons. The van der Waals surface area contributed by atoms with E-state index < -0.39 is 0 Å². The van der Waals surface area contributed by atoms with Crippen LogP contribution in [0.3, 0.4) is 0 Å². The summed E-state index contributed by atoms with van der Waals surface area (Å²) in [5, 5.41) is 7.70. The highest BCUT2D eigenvalue weighted by atomic mass is 15.2. The monoisotopic (exact) mass is 480 g/mol. The van der Waals surface area contributed by atoms with Crippen LogP contribution in [0.15, 0.2) is 36.9 Å². The number of hydrogen-bond donors (Lipinski definition) is 1. The first-order valence-corrected chi connectivity index (χ1v) is 13.8. The molecular weight excluding hydrogens is 440 g/mol. The number of benzene rings is 2. The molecule has 3 heterocycles. The van der Waals surface area contributed by atoms with E-state index in [1.165, 1.54) is 61.5 Å². The summed E-state index contributed by atoms with van der Waals surface area (Å²) < 4.78 is 5.48. The largest absolute Gasteiger partial charge is 0.341 e. The minimum Gasteiger partial charge on any atom is -0.341 e. The van der Waals surface area contributed by atoms with Crippen LogP contribution < -0.4 is 5.32 Å². The van der Waals surface area contributed by atoms with E-state index in [1.807, 2.05) is 0 Å². The molecule has 188 valence electrons. The smallest absolute Gasteiger partial charge is 0.0745 e. The lowest BCUT2D eigenvalue weighted by atomic mass is 9.85. The molecule has 1 aliphatic heterocycles. The highest BCUT2D eigenvalue weighted by molar-refractivity contribution is 6.22. The van der Waals surface area contributed by atoms with Crippen LogP contribution >= 0.6 is 0 Å². The summed E-state index contributed by atoms with van der Waals surface area (Å²) in [6.45, 7) is 11.0. The van der Waals surface area contributed by atoms with Crippen molar-refractivity contribution in [3.8, 4) is 0 Å². The number of nitrogens with one attached hydrogen (secondary N) is 1. The van der Waals surface area contributed by atoms with Gasteiger partial charge in [-0.2, -0.15) is 0 Å². The van der Waals surface area contributed by atoms with E-state index in [0.717, 1.165) is 32.4 Å². The van der Waals surface area contributed by atoms with Gasteiger partial charge in [0.2, 0.25) is 0 Å². The zero-order valence-electron chi connectivity index (χ0n) is 22.6. The molecule has 4 nitrogen and oxygen atoms in total. The van der Waals surface area contributed by atoms with Gasteiger partial charge in [0.1, 0.15) is 0 Å². The Hall–Kier alpha value is -2.82. The second-order valence-electron chi connectivity index (χ2n) is 11.0. The molecule has 2 aromatic carbocycles. The average Bonchev–Trinajstić information content (AvgIpc) is 3.38. The van der Waals surface area contributed by atoms with E-state index in [4.69, 9.17) is 0 Å².